The zero-order chi connectivity index (χ0) is 67.9. The van der Waals surface area contributed by atoms with E-state index in [0.717, 1.165) is 108 Å². The fraction of sp³-hybridized carbons (Fsp3) is 0.945. The van der Waals surface area contributed by atoms with Crippen LogP contribution >= 0.6 is 15.6 Å². The van der Waals surface area contributed by atoms with Crippen molar-refractivity contribution in [2.75, 3.05) is 39.6 Å². The first-order valence-corrected chi connectivity index (χ1v) is 41.0. The van der Waals surface area contributed by atoms with Crippen LogP contribution in [0.2, 0.25) is 0 Å². The zero-order valence-electron chi connectivity index (χ0n) is 59.9. The molecule has 0 heterocycles. The molecule has 0 spiro atoms. The van der Waals surface area contributed by atoms with Gasteiger partial charge in [0.05, 0.1) is 26.4 Å². The molecule has 0 aromatic carbocycles. The van der Waals surface area contributed by atoms with Crippen molar-refractivity contribution in [3.63, 3.8) is 0 Å². The minimum Gasteiger partial charge on any atom is -0.462 e. The van der Waals surface area contributed by atoms with Gasteiger partial charge in [0, 0.05) is 25.7 Å². The third-order valence-corrected chi connectivity index (χ3v) is 19.2. The smallest absolute Gasteiger partial charge is 0.462 e. The van der Waals surface area contributed by atoms with Gasteiger partial charge in [-0.05, 0) is 37.5 Å². The summed E-state index contributed by atoms with van der Waals surface area (Å²) in [5.41, 5.74) is 0. The average Bonchev–Trinajstić information content (AvgIpc) is 1.64. The lowest BCUT2D eigenvalue weighted by atomic mass is 10.00. The number of carbonyl (C=O) groups is 4. The van der Waals surface area contributed by atoms with Crippen molar-refractivity contribution in [1.82, 2.24) is 0 Å². The summed E-state index contributed by atoms with van der Waals surface area (Å²) in [7, 11) is -9.91. The van der Waals surface area contributed by atoms with E-state index in [1.165, 1.54) is 186 Å². The highest BCUT2D eigenvalue weighted by molar-refractivity contribution is 7.47. The highest BCUT2D eigenvalue weighted by Crippen LogP contribution is 2.45. The van der Waals surface area contributed by atoms with Crippen LogP contribution < -0.4 is 0 Å². The summed E-state index contributed by atoms with van der Waals surface area (Å²) in [6, 6.07) is 0. The minimum atomic E-state index is -4.95. The molecule has 19 heteroatoms. The first-order chi connectivity index (χ1) is 44.4. The quantitative estimate of drug-likeness (QED) is 0.0222. The van der Waals surface area contributed by atoms with E-state index in [1.807, 2.05) is 0 Å². The molecule has 0 aromatic rings. The van der Waals surface area contributed by atoms with E-state index in [1.54, 1.807) is 0 Å². The number of carbonyl (C=O) groups excluding carboxylic acids is 4. The fourth-order valence-electron chi connectivity index (χ4n) is 11.1. The van der Waals surface area contributed by atoms with E-state index in [-0.39, 0.29) is 25.7 Å². The van der Waals surface area contributed by atoms with Crippen molar-refractivity contribution in [2.45, 2.75) is 394 Å². The summed E-state index contributed by atoms with van der Waals surface area (Å²) in [4.78, 5) is 72.7. The Morgan fingerprint density at radius 3 is 0.826 bits per heavy atom. The summed E-state index contributed by atoms with van der Waals surface area (Å²) in [6.45, 7) is 9.50. The normalized spacial score (nSPS) is 14.4. The first kappa shape index (κ1) is 90.1. The molecule has 17 nitrogen and oxygen atoms in total. The van der Waals surface area contributed by atoms with Crippen LogP contribution in [0.4, 0.5) is 0 Å². The van der Waals surface area contributed by atoms with Gasteiger partial charge in [0.25, 0.3) is 0 Å². The summed E-state index contributed by atoms with van der Waals surface area (Å²) in [5, 5.41) is 10.6. The molecule has 3 N–H and O–H groups in total. The third kappa shape index (κ3) is 65.4. The molecule has 0 saturated carbocycles. The number of aliphatic hydroxyl groups is 1. The number of hydrogen-bond donors (Lipinski definition) is 3. The number of hydrogen-bond acceptors (Lipinski definition) is 15. The van der Waals surface area contributed by atoms with Crippen LogP contribution in [0.1, 0.15) is 375 Å². The van der Waals surface area contributed by atoms with Gasteiger partial charge >= 0.3 is 39.5 Å². The fourth-order valence-corrected chi connectivity index (χ4v) is 12.7. The van der Waals surface area contributed by atoms with Gasteiger partial charge in [-0.3, -0.25) is 37.3 Å². The second-order valence-electron chi connectivity index (χ2n) is 27.1. The Labute approximate surface area is 562 Å². The standard InChI is InChI=1S/C73H142O17P2/c1-7-10-12-14-16-18-20-22-24-26-28-30-32-37-45-51-57-72(77)89-68(61-83-70(75)55-49-43-36-31-29-27-25-23-21-19-17-15-13-11-8-2)63-87-91(79,80)85-59-67(74)60-86-92(81,82)88-64-69(62-84-71(76)56-50-44-40-39-42-48-54-66(6)9-3)90-73(78)58-52-46-38-34-33-35-41-47-53-65(4)5/h65-69,74H,7-64H2,1-6H3,(H,79,80)(H,81,82)/t66?,67-,68-,69-/m1/s1. The molecule has 0 rings (SSSR count). The number of phosphoric ester groups is 2. The minimum absolute atomic E-state index is 0.104. The molecule has 6 atom stereocenters. The molecule has 0 aliphatic rings. The van der Waals surface area contributed by atoms with Crippen molar-refractivity contribution >= 4 is 39.5 Å². The lowest BCUT2D eigenvalue weighted by Crippen LogP contribution is -2.30. The topological polar surface area (TPSA) is 237 Å². The summed E-state index contributed by atoms with van der Waals surface area (Å²) >= 11 is 0. The van der Waals surface area contributed by atoms with Gasteiger partial charge in [-0.15, -0.1) is 0 Å². The van der Waals surface area contributed by atoms with Gasteiger partial charge in [0.2, 0.25) is 0 Å². The van der Waals surface area contributed by atoms with Crippen molar-refractivity contribution in [3.8, 4) is 0 Å². The number of aliphatic hydroxyl groups excluding tert-OH is 1. The van der Waals surface area contributed by atoms with Crippen molar-refractivity contribution < 1.29 is 80.2 Å². The van der Waals surface area contributed by atoms with Gasteiger partial charge in [-0.25, -0.2) is 9.13 Å². The molecule has 0 fully saturated rings. The van der Waals surface area contributed by atoms with E-state index in [2.05, 4.69) is 41.5 Å². The molecule has 0 bridgehead atoms. The number of esters is 4. The van der Waals surface area contributed by atoms with Crippen molar-refractivity contribution in [3.05, 3.63) is 0 Å². The Hall–Kier alpha value is -1.94. The first-order valence-electron chi connectivity index (χ1n) is 38.0. The van der Waals surface area contributed by atoms with Crippen LogP contribution in [0, 0.1) is 11.8 Å². The third-order valence-electron chi connectivity index (χ3n) is 17.3. The maximum Gasteiger partial charge on any atom is 0.472 e. The average molecular weight is 1350 g/mol. The number of rotatable bonds is 72. The van der Waals surface area contributed by atoms with Crippen LogP contribution in [-0.2, 0) is 65.4 Å². The second kappa shape index (κ2) is 65.0. The lowest BCUT2D eigenvalue weighted by molar-refractivity contribution is -0.161. The molecule has 0 aromatic heterocycles. The Balaban J connectivity index is 5.25. The van der Waals surface area contributed by atoms with Gasteiger partial charge in [0.15, 0.2) is 12.2 Å². The largest absolute Gasteiger partial charge is 0.472 e. The Morgan fingerprint density at radius 2 is 0.554 bits per heavy atom. The van der Waals surface area contributed by atoms with Crippen LogP contribution in [0.15, 0.2) is 0 Å². The molecular formula is C73H142O17P2. The molecule has 92 heavy (non-hydrogen) atoms. The molecule has 0 aliphatic heterocycles. The molecule has 546 valence electrons. The van der Waals surface area contributed by atoms with Gasteiger partial charge in [0.1, 0.15) is 19.3 Å². The highest BCUT2D eigenvalue weighted by Gasteiger charge is 2.30. The lowest BCUT2D eigenvalue weighted by Gasteiger charge is -2.21. The SMILES string of the molecule is CCCCCCCCCCCCCCCCCCC(=O)O[C@H](COC(=O)CCCCCCCCCCCCCCCCC)COP(=O)(O)OC[C@@H](O)COP(=O)(O)OC[C@@H](COC(=O)CCCCCCCCC(C)CC)OC(=O)CCCCCCCCCCC(C)C. The predicted molar refractivity (Wildman–Crippen MR) is 372 cm³/mol. The molecule has 0 aliphatic carbocycles. The Morgan fingerprint density at radius 1 is 0.315 bits per heavy atom. The monoisotopic (exact) mass is 1350 g/mol. The van der Waals surface area contributed by atoms with Crippen molar-refractivity contribution in [2.24, 2.45) is 11.8 Å². The van der Waals surface area contributed by atoms with Gasteiger partial charge in [-0.1, -0.05) is 324 Å². The molecule has 0 amide bonds. The zero-order valence-corrected chi connectivity index (χ0v) is 61.6. The highest BCUT2D eigenvalue weighted by atomic mass is 31.2. The molecule has 0 saturated heterocycles. The Kier molecular flexibility index (Phi) is 63.7. The van der Waals surface area contributed by atoms with Crippen LogP contribution in [0.3, 0.4) is 0 Å². The van der Waals surface area contributed by atoms with E-state index < -0.39 is 97.5 Å². The van der Waals surface area contributed by atoms with Crippen molar-refractivity contribution in [1.29, 1.82) is 0 Å². The van der Waals surface area contributed by atoms with E-state index >= 15 is 0 Å². The van der Waals surface area contributed by atoms with Crippen LogP contribution in [0.25, 0.3) is 0 Å². The van der Waals surface area contributed by atoms with E-state index in [9.17, 15) is 43.2 Å². The van der Waals surface area contributed by atoms with E-state index in [4.69, 9.17) is 37.0 Å². The summed E-state index contributed by atoms with van der Waals surface area (Å²) < 4.78 is 68.4. The summed E-state index contributed by atoms with van der Waals surface area (Å²) in [5.74, 6) is -0.672. The number of phosphoric acid groups is 2. The van der Waals surface area contributed by atoms with Gasteiger partial charge in [-0.2, -0.15) is 0 Å². The van der Waals surface area contributed by atoms with Crippen LogP contribution in [0.5, 0.6) is 0 Å². The Bertz CT molecular complexity index is 1790. The second-order valence-corrected chi connectivity index (χ2v) is 30.0. The maximum absolute atomic E-state index is 13.1. The number of ether oxygens (including phenoxy) is 4. The van der Waals surface area contributed by atoms with Crippen LogP contribution in [-0.4, -0.2) is 96.7 Å². The van der Waals surface area contributed by atoms with E-state index in [0.29, 0.717) is 25.7 Å². The molecule has 3 unspecified atom stereocenters. The number of unbranched alkanes of at least 4 members (excludes halogenated alkanes) is 41. The van der Waals surface area contributed by atoms with Gasteiger partial charge < -0.3 is 33.8 Å². The molecule has 0 radical (unpaired) electrons. The predicted octanol–water partition coefficient (Wildman–Crippen LogP) is 21.2. The maximum atomic E-state index is 13.1. The summed E-state index contributed by atoms with van der Waals surface area (Å²) in [6.07, 6.45) is 51.4. The molecular weight excluding hydrogens is 1210 g/mol.